The summed E-state index contributed by atoms with van der Waals surface area (Å²) in [7, 11) is 0. The molecule has 9 heteroatoms. The number of benzene rings is 1. The van der Waals surface area contributed by atoms with Crippen LogP contribution in [0.3, 0.4) is 0 Å². The molecule has 1 aromatic rings. The lowest BCUT2D eigenvalue weighted by Crippen LogP contribution is -2.82. The van der Waals surface area contributed by atoms with Crippen molar-refractivity contribution < 1.29 is 24.3 Å². The summed E-state index contributed by atoms with van der Waals surface area (Å²) >= 11 is 1.20. The van der Waals surface area contributed by atoms with Crippen molar-refractivity contribution in [1.82, 2.24) is 10.2 Å². The Labute approximate surface area is 154 Å². The fourth-order valence-corrected chi connectivity index (χ4v) is 5.23. The number of carbonyl (C=O) groups excluding carboxylic acids is 3. The minimum atomic E-state index is -1.76. The predicted molar refractivity (Wildman–Crippen MR) is 95.5 cm³/mol. The molecule has 2 aliphatic heterocycles. The van der Waals surface area contributed by atoms with E-state index < -0.39 is 45.3 Å². The first kappa shape index (κ1) is 18.2. The van der Waals surface area contributed by atoms with Crippen LogP contribution in [0.5, 0.6) is 0 Å². The van der Waals surface area contributed by atoms with E-state index >= 15 is 0 Å². The summed E-state index contributed by atoms with van der Waals surface area (Å²) in [6, 6.07) is 5.00. The van der Waals surface area contributed by atoms with E-state index in [1.807, 2.05) is 0 Å². The summed E-state index contributed by atoms with van der Waals surface area (Å²) in [5, 5.41) is 11.3. The molecule has 26 heavy (non-hydrogen) atoms. The Morgan fingerprint density at radius 1 is 1.23 bits per heavy atom. The summed E-state index contributed by atoms with van der Waals surface area (Å²) in [6.07, 6.45) is 0. The van der Waals surface area contributed by atoms with Crippen molar-refractivity contribution in [3.8, 4) is 0 Å². The molecule has 2 aliphatic rings. The van der Waals surface area contributed by atoms with Gasteiger partial charge in [-0.25, -0.2) is 4.79 Å². The molecule has 0 aromatic heterocycles. The maximum Gasteiger partial charge on any atom is 0.327 e. The molecular formula is C17H19N3O5S. The first-order valence-electron chi connectivity index (χ1n) is 7.95. The number of rotatable bonds is 4. The number of thioether (sulfide) groups is 1. The van der Waals surface area contributed by atoms with Gasteiger partial charge < -0.3 is 21.1 Å². The average molecular weight is 377 g/mol. The minimum absolute atomic E-state index is 0.253. The lowest BCUT2D eigenvalue weighted by molar-refractivity contribution is -0.170. The van der Waals surface area contributed by atoms with Gasteiger partial charge in [-0.15, -0.1) is 11.8 Å². The number of β-lactam (4-membered cyclic amide) rings is 1. The second kappa shape index (κ2) is 5.73. The number of amides is 2. The van der Waals surface area contributed by atoms with Crippen molar-refractivity contribution >= 4 is 41.0 Å². The highest BCUT2D eigenvalue weighted by atomic mass is 32.2. The summed E-state index contributed by atoms with van der Waals surface area (Å²) in [5.74, 6) is -2.95. The van der Waals surface area contributed by atoms with Crippen LogP contribution in [-0.4, -0.2) is 55.3 Å². The number of Topliss-reactive ketones (excluding diaryl/α,β-unsaturated/α-hetero) is 1. The first-order chi connectivity index (χ1) is 12.0. The minimum Gasteiger partial charge on any atom is -0.480 e. The number of ketones is 1. The summed E-state index contributed by atoms with van der Waals surface area (Å²) in [4.78, 5) is 50.6. The van der Waals surface area contributed by atoms with E-state index in [2.05, 4.69) is 5.32 Å². The summed E-state index contributed by atoms with van der Waals surface area (Å²) in [5.41, 5.74) is 4.57. The zero-order valence-corrected chi connectivity index (χ0v) is 15.3. The van der Waals surface area contributed by atoms with Crippen LogP contribution in [0.2, 0.25) is 0 Å². The second-order valence-corrected chi connectivity index (χ2v) is 8.70. The first-order valence-corrected chi connectivity index (χ1v) is 8.83. The number of hydrogen-bond acceptors (Lipinski definition) is 6. The van der Waals surface area contributed by atoms with E-state index in [4.69, 9.17) is 5.73 Å². The highest BCUT2D eigenvalue weighted by Crippen LogP contribution is 2.55. The molecule has 3 atom stereocenters. The largest absolute Gasteiger partial charge is 0.480 e. The van der Waals surface area contributed by atoms with Crippen LogP contribution in [0.25, 0.3) is 0 Å². The molecule has 2 heterocycles. The van der Waals surface area contributed by atoms with Crippen molar-refractivity contribution in [1.29, 1.82) is 0 Å². The zero-order valence-electron chi connectivity index (χ0n) is 14.5. The van der Waals surface area contributed by atoms with Gasteiger partial charge in [0.15, 0.2) is 5.78 Å². The Kier molecular flexibility index (Phi) is 4.02. The Morgan fingerprint density at radius 3 is 2.31 bits per heavy atom. The van der Waals surface area contributed by atoms with Crippen molar-refractivity contribution in [2.24, 2.45) is 0 Å². The topological polar surface area (TPSA) is 130 Å². The molecule has 2 saturated heterocycles. The monoisotopic (exact) mass is 377 g/mol. The van der Waals surface area contributed by atoms with E-state index in [1.165, 1.54) is 47.9 Å². The van der Waals surface area contributed by atoms with Crippen molar-refractivity contribution in [2.45, 2.75) is 42.5 Å². The van der Waals surface area contributed by atoms with Gasteiger partial charge in [-0.05, 0) is 45.0 Å². The van der Waals surface area contributed by atoms with E-state index in [9.17, 15) is 24.3 Å². The molecule has 2 fully saturated rings. The fraction of sp³-hybridized carbons (Fsp3) is 0.412. The zero-order chi connectivity index (χ0) is 19.4. The van der Waals surface area contributed by atoms with Crippen molar-refractivity contribution in [3.63, 3.8) is 0 Å². The van der Waals surface area contributed by atoms with Crippen LogP contribution < -0.4 is 11.1 Å². The number of nitrogen functional groups attached to an aromatic ring is 1. The third kappa shape index (κ3) is 2.38. The SMILES string of the molecule is CC(=O)[C@]1(NC(=O)c2ccc(N)cc2)C(=O)N2[C@@H](C(=O)O)C(C)(C)S[C@@H]21. The Balaban J connectivity index is 1.94. The number of fused-ring (bicyclic) bond motifs is 1. The van der Waals surface area contributed by atoms with Gasteiger partial charge in [0, 0.05) is 16.0 Å². The van der Waals surface area contributed by atoms with E-state index in [0.717, 1.165) is 0 Å². The van der Waals surface area contributed by atoms with Gasteiger partial charge in [0.1, 0.15) is 11.4 Å². The predicted octanol–water partition coefficient (Wildman–Crippen LogP) is 0.473. The lowest BCUT2D eigenvalue weighted by Gasteiger charge is -2.51. The molecule has 0 radical (unpaired) electrons. The lowest BCUT2D eigenvalue weighted by atomic mass is 9.81. The van der Waals surface area contributed by atoms with Crippen LogP contribution in [0.4, 0.5) is 5.69 Å². The van der Waals surface area contributed by atoms with Crippen LogP contribution in [0.15, 0.2) is 24.3 Å². The third-order valence-corrected chi connectivity index (χ3v) is 6.45. The molecule has 8 nitrogen and oxygen atoms in total. The number of nitrogens with two attached hydrogens (primary N) is 1. The number of anilines is 1. The Hall–Kier alpha value is -2.55. The molecule has 138 valence electrons. The standard InChI is InChI=1S/C17H19N3O5S/c1-8(21)17(19-12(22)9-4-6-10(18)7-5-9)14(25)20-11(13(23)24)16(2,3)26-15(17)20/h4-7,11,15H,18H2,1-3H3,(H,19,22)(H,23,24)/t11-,15+,17-/m0/s1. The van der Waals surface area contributed by atoms with Crippen molar-refractivity contribution in [2.75, 3.05) is 5.73 Å². The number of carboxylic acid groups (broad SMARTS) is 1. The van der Waals surface area contributed by atoms with Gasteiger partial charge in [0.05, 0.1) is 0 Å². The van der Waals surface area contributed by atoms with E-state index in [-0.39, 0.29) is 5.56 Å². The molecule has 0 spiro atoms. The van der Waals surface area contributed by atoms with Crippen molar-refractivity contribution in [3.05, 3.63) is 29.8 Å². The van der Waals surface area contributed by atoms with Gasteiger partial charge >= 0.3 is 5.97 Å². The number of carboxylic acids is 1. The maximum absolute atomic E-state index is 12.8. The molecule has 4 N–H and O–H groups in total. The molecule has 0 aliphatic carbocycles. The Morgan fingerprint density at radius 2 is 1.81 bits per heavy atom. The summed E-state index contributed by atoms with van der Waals surface area (Å²) in [6.45, 7) is 4.63. The van der Waals surface area contributed by atoms with E-state index in [1.54, 1.807) is 13.8 Å². The molecule has 0 unspecified atom stereocenters. The van der Waals surface area contributed by atoms with Gasteiger partial charge in [-0.1, -0.05) is 0 Å². The number of nitrogens with zero attached hydrogens (tertiary/aromatic N) is 1. The normalized spacial score (nSPS) is 28.9. The van der Waals surface area contributed by atoms with Crippen LogP contribution in [0.1, 0.15) is 31.1 Å². The van der Waals surface area contributed by atoms with Gasteiger partial charge in [0.2, 0.25) is 5.54 Å². The number of nitrogens with one attached hydrogen (secondary N) is 1. The molecular weight excluding hydrogens is 358 g/mol. The average Bonchev–Trinajstić information content (AvgIpc) is 2.81. The van der Waals surface area contributed by atoms with E-state index in [0.29, 0.717) is 5.69 Å². The molecule has 2 amide bonds. The second-order valence-electron chi connectivity index (χ2n) is 6.97. The molecule has 0 saturated carbocycles. The van der Waals surface area contributed by atoms with Crippen LogP contribution in [-0.2, 0) is 14.4 Å². The van der Waals surface area contributed by atoms with Gasteiger partial charge in [-0.3, -0.25) is 14.4 Å². The third-order valence-electron chi connectivity index (χ3n) is 4.82. The van der Waals surface area contributed by atoms with Crippen LogP contribution in [0, 0.1) is 0 Å². The Bertz CT molecular complexity index is 822. The summed E-state index contributed by atoms with van der Waals surface area (Å²) < 4.78 is -0.796. The number of carbonyl (C=O) groups is 4. The molecule has 3 rings (SSSR count). The van der Waals surface area contributed by atoms with Crippen LogP contribution >= 0.6 is 11.8 Å². The highest BCUT2D eigenvalue weighted by molar-refractivity contribution is 8.01. The van der Waals surface area contributed by atoms with Gasteiger partial charge in [0.25, 0.3) is 11.8 Å². The fourth-order valence-electron chi connectivity index (χ4n) is 3.47. The van der Waals surface area contributed by atoms with Gasteiger partial charge in [-0.2, -0.15) is 0 Å². The molecule has 1 aromatic carbocycles. The highest BCUT2D eigenvalue weighted by Gasteiger charge is 2.74. The number of aliphatic carboxylic acids is 1. The number of hydrogen-bond donors (Lipinski definition) is 3. The maximum atomic E-state index is 12.8. The molecule has 0 bridgehead atoms. The smallest absolute Gasteiger partial charge is 0.327 e. The quantitative estimate of drug-likeness (QED) is 0.395.